The van der Waals surface area contributed by atoms with Crippen molar-refractivity contribution < 1.29 is 13.5 Å². The number of nitrogens with zero attached hydrogens (tertiary/aromatic N) is 1. The molecule has 0 unspecified atom stereocenters. The van der Waals surface area contributed by atoms with E-state index in [1.165, 1.54) is 12.3 Å². The second kappa shape index (κ2) is 6.53. The minimum absolute atomic E-state index is 0.141. The van der Waals surface area contributed by atoms with Gasteiger partial charge in [-0.05, 0) is 36.2 Å². The molecule has 0 aliphatic carbocycles. The number of hydrazine groups is 1. The first kappa shape index (κ1) is 15.2. The van der Waals surface area contributed by atoms with E-state index < -0.39 is 10.0 Å². The van der Waals surface area contributed by atoms with E-state index in [4.69, 9.17) is 5.84 Å². The van der Waals surface area contributed by atoms with Gasteiger partial charge in [-0.2, -0.15) is 0 Å². The van der Waals surface area contributed by atoms with Crippen molar-refractivity contribution in [1.82, 2.24) is 9.71 Å². The normalized spacial score (nSPS) is 11.3. The number of aromatic hydroxyl groups is 1. The lowest BCUT2D eigenvalue weighted by Gasteiger charge is -2.09. The van der Waals surface area contributed by atoms with Crippen LogP contribution in [-0.4, -0.2) is 25.1 Å². The third-order valence-electron chi connectivity index (χ3n) is 2.82. The summed E-state index contributed by atoms with van der Waals surface area (Å²) in [5.74, 6) is 5.45. The standard InChI is InChI=1S/C13H16N4O3S/c14-17-12-2-1-8-15-13(12)21(19,20)16-9-7-10-3-5-11(18)6-4-10/h1-6,8,16-18H,7,9,14H2. The zero-order valence-corrected chi connectivity index (χ0v) is 12.0. The Morgan fingerprint density at radius 2 is 1.90 bits per heavy atom. The highest BCUT2D eigenvalue weighted by Gasteiger charge is 2.19. The number of sulfonamides is 1. The smallest absolute Gasteiger partial charge is 0.260 e. The Kier molecular flexibility index (Phi) is 4.73. The minimum Gasteiger partial charge on any atom is -0.508 e. The molecule has 0 radical (unpaired) electrons. The molecule has 5 N–H and O–H groups in total. The maximum atomic E-state index is 12.1. The topological polar surface area (TPSA) is 117 Å². The molecule has 0 atom stereocenters. The third kappa shape index (κ3) is 3.91. The summed E-state index contributed by atoms with van der Waals surface area (Å²) in [7, 11) is -3.73. The van der Waals surface area contributed by atoms with Crippen LogP contribution in [-0.2, 0) is 16.4 Å². The molecule has 112 valence electrons. The fourth-order valence-electron chi connectivity index (χ4n) is 1.78. The Hall–Kier alpha value is -2.16. The Morgan fingerprint density at radius 3 is 2.57 bits per heavy atom. The molecule has 21 heavy (non-hydrogen) atoms. The van der Waals surface area contributed by atoms with Crippen LogP contribution in [0.5, 0.6) is 5.75 Å². The summed E-state index contributed by atoms with van der Waals surface area (Å²) in [5, 5.41) is 9.04. The van der Waals surface area contributed by atoms with Gasteiger partial charge in [0.2, 0.25) is 0 Å². The van der Waals surface area contributed by atoms with E-state index in [0.29, 0.717) is 6.42 Å². The summed E-state index contributed by atoms with van der Waals surface area (Å²) in [5.41, 5.74) is 3.45. The maximum absolute atomic E-state index is 12.1. The Bertz CT molecular complexity index is 702. The van der Waals surface area contributed by atoms with E-state index in [2.05, 4.69) is 15.1 Å². The molecular weight excluding hydrogens is 292 g/mol. The number of phenols is 1. The van der Waals surface area contributed by atoms with Crippen LogP contribution in [0, 0.1) is 0 Å². The van der Waals surface area contributed by atoms with Gasteiger partial charge >= 0.3 is 0 Å². The molecule has 0 aliphatic heterocycles. The first-order valence-corrected chi connectivity index (χ1v) is 7.70. The summed E-state index contributed by atoms with van der Waals surface area (Å²) >= 11 is 0. The largest absolute Gasteiger partial charge is 0.508 e. The molecule has 0 bridgehead atoms. The Labute approximate surface area is 122 Å². The fourth-order valence-corrected chi connectivity index (χ4v) is 2.90. The predicted octanol–water partition coefficient (Wildman–Crippen LogP) is 0.594. The van der Waals surface area contributed by atoms with Crippen LogP contribution in [0.2, 0.25) is 0 Å². The monoisotopic (exact) mass is 308 g/mol. The van der Waals surface area contributed by atoms with Crippen molar-refractivity contribution in [2.24, 2.45) is 5.84 Å². The zero-order valence-electron chi connectivity index (χ0n) is 11.2. The number of hydrogen-bond acceptors (Lipinski definition) is 6. The van der Waals surface area contributed by atoms with Crippen LogP contribution in [0.15, 0.2) is 47.6 Å². The summed E-state index contributed by atoms with van der Waals surface area (Å²) in [6, 6.07) is 9.69. The van der Waals surface area contributed by atoms with E-state index in [9.17, 15) is 13.5 Å². The third-order valence-corrected chi connectivity index (χ3v) is 4.24. The van der Waals surface area contributed by atoms with E-state index in [1.54, 1.807) is 30.3 Å². The average molecular weight is 308 g/mol. The van der Waals surface area contributed by atoms with Crippen LogP contribution in [0.1, 0.15) is 5.56 Å². The van der Waals surface area contributed by atoms with E-state index >= 15 is 0 Å². The average Bonchev–Trinajstić information content (AvgIpc) is 2.49. The molecule has 1 aromatic heterocycles. The van der Waals surface area contributed by atoms with E-state index in [1.807, 2.05) is 0 Å². The quantitative estimate of drug-likeness (QED) is 0.458. The summed E-state index contributed by atoms with van der Waals surface area (Å²) in [6.07, 6.45) is 1.88. The number of nitrogens with one attached hydrogen (secondary N) is 2. The lowest BCUT2D eigenvalue weighted by Crippen LogP contribution is -2.28. The molecule has 0 spiro atoms. The number of aromatic nitrogens is 1. The van der Waals surface area contributed by atoms with Gasteiger partial charge in [-0.15, -0.1) is 0 Å². The van der Waals surface area contributed by atoms with Gasteiger partial charge in [-0.1, -0.05) is 12.1 Å². The Balaban J connectivity index is 2.03. The number of anilines is 1. The fraction of sp³-hybridized carbons (Fsp3) is 0.154. The van der Waals surface area contributed by atoms with Gasteiger partial charge in [0.05, 0.1) is 5.69 Å². The van der Waals surface area contributed by atoms with Gasteiger partial charge in [0.15, 0.2) is 5.03 Å². The van der Waals surface area contributed by atoms with Crippen LogP contribution in [0.4, 0.5) is 5.69 Å². The molecule has 0 saturated heterocycles. The van der Waals surface area contributed by atoms with E-state index in [-0.39, 0.29) is 23.0 Å². The molecule has 1 aromatic carbocycles. The van der Waals surface area contributed by atoms with Crippen LogP contribution < -0.4 is 16.0 Å². The van der Waals surface area contributed by atoms with E-state index in [0.717, 1.165) is 5.56 Å². The number of hydrogen-bond donors (Lipinski definition) is 4. The van der Waals surface area contributed by atoms with Gasteiger partial charge < -0.3 is 10.5 Å². The van der Waals surface area contributed by atoms with Crippen molar-refractivity contribution in [2.75, 3.05) is 12.0 Å². The van der Waals surface area contributed by atoms with Crippen LogP contribution >= 0.6 is 0 Å². The van der Waals surface area contributed by atoms with Gasteiger partial charge in [-0.3, -0.25) is 5.84 Å². The van der Waals surface area contributed by atoms with Gasteiger partial charge in [0.1, 0.15) is 5.75 Å². The number of nitrogen functional groups attached to an aromatic ring is 1. The molecule has 8 heteroatoms. The molecule has 0 saturated carbocycles. The lowest BCUT2D eigenvalue weighted by molar-refractivity contribution is 0.475. The van der Waals surface area contributed by atoms with Crippen LogP contribution in [0.3, 0.4) is 0 Å². The number of pyridine rings is 1. The SMILES string of the molecule is NNc1cccnc1S(=O)(=O)NCCc1ccc(O)cc1. The highest BCUT2D eigenvalue weighted by molar-refractivity contribution is 7.89. The molecule has 0 amide bonds. The molecular formula is C13H16N4O3S. The molecule has 2 aromatic rings. The maximum Gasteiger partial charge on any atom is 0.260 e. The van der Waals surface area contributed by atoms with Crippen molar-refractivity contribution in [3.63, 3.8) is 0 Å². The zero-order chi connectivity index (χ0) is 15.3. The van der Waals surface area contributed by atoms with Gasteiger partial charge in [0, 0.05) is 12.7 Å². The first-order chi connectivity index (χ1) is 10.0. The number of phenolic OH excluding ortho intramolecular Hbond substituents is 1. The van der Waals surface area contributed by atoms with Crippen molar-refractivity contribution in [1.29, 1.82) is 0 Å². The summed E-state index contributed by atoms with van der Waals surface area (Å²) in [6.45, 7) is 0.216. The number of benzene rings is 1. The van der Waals surface area contributed by atoms with Gasteiger partial charge in [0.25, 0.3) is 10.0 Å². The summed E-state index contributed by atoms with van der Waals surface area (Å²) in [4.78, 5) is 3.83. The number of rotatable bonds is 6. The lowest BCUT2D eigenvalue weighted by atomic mass is 10.1. The van der Waals surface area contributed by atoms with Gasteiger partial charge in [-0.25, -0.2) is 18.1 Å². The first-order valence-electron chi connectivity index (χ1n) is 6.22. The highest BCUT2D eigenvalue weighted by atomic mass is 32.2. The molecule has 1 heterocycles. The highest BCUT2D eigenvalue weighted by Crippen LogP contribution is 2.16. The molecule has 7 nitrogen and oxygen atoms in total. The minimum atomic E-state index is -3.73. The second-order valence-electron chi connectivity index (χ2n) is 4.31. The number of nitrogens with two attached hydrogens (primary N) is 1. The van der Waals surface area contributed by atoms with Crippen molar-refractivity contribution >= 4 is 15.7 Å². The Morgan fingerprint density at radius 1 is 1.19 bits per heavy atom. The second-order valence-corrected chi connectivity index (χ2v) is 6.00. The predicted molar refractivity (Wildman–Crippen MR) is 79.0 cm³/mol. The molecule has 0 aliphatic rings. The summed E-state index contributed by atoms with van der Waals surface area (Å²) < 4.78 is 26.8. The van der Waals surface area contributed by atoms with Crippen LogP contribution in [0.25, 0.3) is 0 Å². The van der Waals surface area contributed by atoms with Crippen molar-refractivity contribution in [3.8, 4) is 5.75 Å². The van der Waals surface area contributed by atoms with Crippen molar-refractivity contribution in [2.45, 2.75) is 11.4 Å². The van der Waals surface area contributed by atoms with Crippen molar-refractivity contribution in [3.05, 3.63) is 48.2 Å². The molecule has 2 rings (SSSR count). The molecule has 0 fully saturated rings.